The van der Waals surface area contributed by atoms with Crippen molar-refractivity contribution in [2.24, 2.45) is 0 Å². The minimum absolute atomic E-state index is 0.446. The molecule has 1 aliphatic rings. The fourth-order valence-electron chi connectivity index (χ4n) is 3.04. The first kappa shape index (κ1) is 14.5. The Bertz CT molecular complexity index is 373. The first-order valence-electron chi connectivity index (χ1n) is 7.58. The van der Waals surface area contributed by atoms with Crippen molar-refractivity contribution in [1.29, 1.82) is 0 Å². The van der Waals surface area contributed by atoms with Gasteiger partial charge in [0.1, 0.15) is 0 Å². The van der Waals surface area contributed by atoms with Crippen molar-refractivity contribution >= 4 is 0 Å². The summed E-state index contributed by atoms with van der Waals surface area (Å²) in [6, 6.07) is 10.0. The number of methoxy groups -OCH3 is 1. The zero-order chi connectivity index (χ0) is 13.7. The van der Waals surface area contributed by atoms with Crippen molar-refractivity contribution in [1.82, 2.24) is 5.32 Å². The van der Waals surface area contributed by atoms with Crippen LogP contribution < -0.4 is 5.32 Å². The minimum atomic E-state index is 0.446. The molecule has 0 saturated heterocycles. The van der Waals surface area contributed by atoms with Crippen molar-refractivity contribution in [2.45, 2.75) is 64.1 Å². The molecule has 0 amide bonds. The molecule has 1 fully saturated rings. The molecule has 106 valence electrons. The molecule has 3 unspecified atom stereocenters. The average Bonchev–Trinajstić information content (AvgIpc) is 2.46. The van der Waals surface area contributed by atoms with Gasteiger partial charge in [-0.3, -0.25) is 0 Å². The van der Waals surface area contributed by atoms with E-state index in [0.29, 0.717) is 18.2 Å². The van der Waals surface area contributed by atoms with E-state index in [2.05, 4.69) is 43.4 Å². The maximum absolute atomic E-state index is 5.52. The third-order valence-corrected chi connectivity index (χ3v) is 4.28. The lowest BCUT2D eigenvalue weighted by Gasteiger charge is -2.32. The highest BCUT2D eigenvalue weighted by atomic mass is 16.5. The van der Waals surface area contributed by atoms with Gasteiger partial charge >= 0.3 is 0 Å². The molecule has 0 aliphatic heterocycles. The van der Waals surface area contributed by atoms with Crippen LogP contribution in [0, 0.1) is 6.92 Å². The first-order valence-corrected chi connectivity index (χ1v) is 7.58. The van der Waals surface area contributed by atoms with Gasteiger partial charge in [-0.15, -0.1) is 0 Å². The van der Waals surface area contributed by atoms with Gasteiger partial charge < -0.3 is 10.1 Å². The second-order valence-electron chi connectivity index (χ2n) is 5.76. The van der Waals surface area contributed by atoms with Gasteiger partial charge in [-0.1, -0.05) is 36.8 Å². The van der Waals surface area contributed by atoms with Crippen molar-refractivity contribution in [3.63, 3.8) is 0 Å². The van der Waals surface area contributed by atoms with Gasteiger partial charge in [0.05, 0.1) is 6.10 Å². The molecule has 3 atom stereocenters. The Morgan fingerprint density at radius 2 is 2.00 bits per heavy atom. The van der Waals surface area contributed by atoms with Crippen LogP contribution in [-0.4, -0.2) is 19.3 Å². The quantitative estimate of drug-likeness (QED) is 0.865. The van der Waals surface area contributed by atoms with Crippen LogP contribution >= 0.6 is 0 Å². The number of aryl methyl sites for hydroxylation is 1. The number of rotatable bonds is 5. The highest BCUT2D eigenvalue weighted by Crippen LogP contribution is 2.25. The summed E-state index contributed by atoms with van der Waals surface area (Å²) in [6.07, 6.45) is 6.51. The Kier molecular flexibility index (Phi) is 5.41. The summed E-state index contributed by atoms with van der Waals surface area (Å²) in [5.41, 5.74) is 2.74. The number of hydrogen-bond donors (Lipinski definition) is 1. The zero-order valence-corrected chi connectivity index (χ0v) is 12.5. The summed E-state index contributed by atoms with van der Waals surface area (Å²) >= 11 is 0. The monoisotopic (exact) mass is 261 g/mol. The lowest BCUT2D eigenvalue weighted by Crippen LogP contribution is -2.38. The summed E-state index contributed by atoms with van der Waals surface area (Å²) in [6.45, 7) is 4.40. The summed E-state index contributed by atoms with van der Waals surface area (Å²) < 4.78 is 5.52. The normalized spacial score (nSPS) is 25.2. The van der Waals surface area contributed by atoms with Crippen molar-refractivity contribution in [3.8, 4) is 0 Å². The SMILES string of the molecule is CCC(NC1CCCC(OC)C1)c1ccc(C)cc1. The summed E-state index contributed by atoms with van der Waals surface area (Å²) in [4.78, 5) is 0. The zero-order valence-electron chi connectivity index (χ0n) is 12.5. The van der Waals surface area contributed by atoms with Crippen LogP contribution in [0.5, 0.6) is 0 Å². The fourth-order valence-corrected chi connectivity index (χ4v) is 3.04. The topological polar surface area (TPSA) is 21.3 Å². The molecule has 1 N–H and O–H groups in total. The first-order chi connectivity index (χ1) is 9.22. The van der Waals surface area contributed by atoms with E-state index < -0.39 is 0 Å². The number of nitrogens with one attached hydrogen (secondary N) is 1. The standard InChI is InChI=1S/C17H27NO/c1-4-17(14-10-8-13(2)9-11-14)18-15-6-5-7-16(12-15)19-3/h8-11,15-18H,4-7,12H2,1-3H3. The lowest BCUT2D eigenvalue weighted by atomic mass is 9.91. The number of benzene rings is 1. The molecule has 1 saturated carbocycles. The largest absolute Gasteiger partial charge is 0.381 e. The molecule has 1 aromatic carbocycles. The van der Waals surface area contributed by atoms with E-state index in [1.165, 1.54) is 30.4 Å². The maximum Gasteiger partial charge on any atom is 0.0586 e. The Morgan fingerprint density at radius 1 is 1.26 bits per heavy atom. The number of ether oxygens (including phenoxy) is 1. The van der Waals surface area contributed by atoms with Gasteiger partial charge in [0.25, 0.3) is 0 Å². The average molecular weight is 261 g/mol. The van der Waals surface area contributed by atoms with Crippen LogP contribution in [0.1, 0.15) is 56.2 Å². The van der Waals surface area contributed by atoms with E-state index in [1.807, 2.05) is 7.11 Å². The van der Waals surface area contributed by atoms with Crippen LogP contribution in [0.3, 0.4) is 0 Å². The van der Waals surface area contributed by atoms with Gasteiger partial charge in [0.2, 0.25) is 0 Å². The Balaban J connectivity index is 1.96. The highest BCUT2D eigenvalue weighted by Gasteiger charge is 2.23. The van der Waals surface area contributed by atoms with E-state index in [-0.39, 0.29) is 0 Å². The number of hydrogen-bond acceptors (Lipinski definition) is 2. The third kappa shape index (κ3) is 4.05. The molecule has 2 heteroatoms. The van der Waals surface area contributed by atoms with Gasteiger partial charge in [0.15, 0.2) is 0 Å². The molecule has 0 aromatic heterocycles. The van der Waals surface area contributed by atoms with Crippen molar-refractivity contribution in [3.05, 3.63) is 35.4 Å². The lowest BCUT2D eigenvalue weighted by molar-refractivity contribution is 0.0567. The van der Waals surface area contributed by atoms with E-state index in [0.717, 1.165) is 12.8 Å². The predicted molar refractivity (Wildman–Crippen MR) is 80.4 cm³/mol. The molecule has 0 heterocycles. The molecule has 0 radical (unpaired) electrons. The third-order valence-electron chi connectivity index (χ3n) is 4.28. The molecule has 1 aromatic rings. The highest BCUT2D eigenvalue weighted by molar-refractivity contribution is 5.24. The molecule has 0 bridgehead atoms. The molecular formula is C17H27NO. The molecule has 1 aliphatic carbocycles. The Morgan fingerprint density at radius 3 is 2.63 bits per heavy atom. The Hall–Kier alpha value is -0.860. The van der Waals surface area contributed by atoms with Crippen molar-refractivity contribution < 1.29 is 4.74 Å². The van der Waals surface area contributed by atoms with Gasteiger partial charge in [0, 0.05) is 19.2 Å². The van der Waals surface area contributed by atoms with Gasteiger partial charge in [-0.05, 0) is 44.6 Å². The van der Waals surface area contributed by atoms with Gasteiger partial charge in [-0.2, -0.15) is 0 Å². The van der Waals surface area contributed by atoms with Crippen LogP contribution in [-0.2, 0) is 4.74 Å². The molecule has 2 nitrogen and oxygen atoms in total. The van der Waals surface area contributed by atoms with Crippen molar-refractivity contribution in [2.75, 3.05) is 7.11 Å². The molecule has 19 heavy (non-hydrogen) atoms. The molecule has 0 spiro atoms. The fraction of sp³-hybridized carbons (Fsp3) is 0.647. The maximum atomic E-state index is 5.52. The van der Waals surface area contributed by atoms with Crippen LogP contribution in [0.25, 0.3) is 0 Å². The Labute approximate surface area is 117 Å². The van der Waals surface area contributed by atoms with Crippen LogP contribution in [0.2, 0.25) is 0 Å². The minimum Gasteiger partial charge on any atom is -0.381 e. The van der Waals surface area contributed by atoms with E-state index >= 15 is 0 Å². The second kappa shape index (κ2) is 7.06. The van der Waals surface area contributed by atoms with E-state index in [1.54, 1.807) is 0 Å². The smallest absolute Gasteiger partial charge is 0.0586 e. The summed E-state index contributed by atoms with van der Waals surface area (Å²) in [7, 11) is 1.84. The molecule has 2 rings (SSSR count). The van der Waals surface area contributed by atoms with E-state index in [4.69, 9.17) is 4.74 Å². The van der Waals surface area contributed by atoms with E-state index in [9.17, 15) is 0 Å². The van der Waals surface area contributed by atoms with Crippen LogP contribution in [0.15, 0.2) is 24.3 Å². The van der Waals surface area contributed by atoms with Gasteiger partial charge in [-0.25, -0.2) is 0 Å². The second-order valence-corrected chi connectivity index (χ2v) is 5.76. The molecular weight excluding hydrogens is 234 g/mol. The summed E-state index contributed by atoms with van der Waals surface area (Å²) in [5.74, 6) is 0. The summed E-state index contributed by atoms with van der Waals surface area (Å²) in [5, 5.41) is 3.83. The predicted octanol–water partition coefficient (Wildman–Crippen LogP) is 3.99. The van der Waals surface area contributed by atoms with Crippen LogP contribution in [0.4, 0.5) is 0 Å².